The average molecular weight is 674 g/mol. The van der Waals surface area contributed by atoms with Crippen LogP contribution in [0.15, 0.2) is 113 Å². The van der Waals surface area contributed by atoms with Crippen LogP contribution in [0.4, 0.5) is 5.69 Å². The topological polar surface area (TPSA) is 96.0 Å². The number of amides is 2. The Kier molecular flexibility index (Phi) is 12.5. The molecule has 2 amide bonds. The maximum absolute atomic E-state index is 14.6. The number of carbonyl (C=O) groups excluding carboxylic acids is 2. The lowest BCUT2D eigenvalue weighted by molar-refractivity contribution is -0.140. The first-order valence-electron chi connectivity index (χ1n) is 15.6. The Morgan fingerprint density at radius 1 is 0.872 bits per heavy atom. The minimum Gasteiger partial charge on any atom is -0.494 e. The van der Waals surface area contributed by atoms with Crippen molar-refractivity contribution in [3.05, 3.63) is 120 Å². The van der Waals surface area contributed by atoms with Crippen molar-refractivity contribution in [2.24, 2.45) is 0 Å². The average Bonchev–Trinajstić information content (AvgIpc) is 3.06. The molecule has 0 aromatic heterocycles. The molecule has 8 nitrogen and oxygen atoms in total. The first-order chi connectivity index (χ1) is 22.5. The van der Waals surface area contributed by atoms with Crippen LogP contribution in [0.5, 0.6) is 5.75 Å². The van der Waals surface area contributed by atoms with Crippen molar-refractivity contribution in [1.82, 2.24) is 10.2 Å². The summed E-state index contributed by atoms with van der Waals surface area (Å²) < 4.78 is 35.3. The number of hydrogen-bond donors (Lipinski definition) is 1. The van der Waals surface area contributed by atoms with Crippen LogP contribution >= 0.6 is 11.8 Å². The van der Waals surface area contributed by atoms with E-state index in [1.807, 2.05) is 88.5 Å². The second-order valence-electron chi connectivity index (χ2n) is 11.5. The highest BCUT2D eigenvalue weighted by Crippen LogP contribution is 2.28. The minimum absolute atomic E-state index is 0.0561. The standard InChI is InChI=1S/C37H43N3O5S2/c1-6-45-32-17-15-31(16-18-32)40(47(43,44)34-21-19-33(46-5)20-22-34)26-36(41)39(25-30-14-10-11-28(4)23-30)35(37(42)38-27(2)3)24-29-12-8-7-9-13-29/h7-23,27,35H,6,24-26H2,1-5H3,(H,38,42)/t35-/m1/s1. The maximum Gasteiger partial charge on any atom is 0.264 e. The number of benzene rings is 4. The summed E-state index contributed by atoms with van der Waals surface area (Å²) >= 11 is 1.51. The summed E-state index contributed by atoms with van der Waals surface area (Å²) in [5.41, 5.74) is 3.02. The molecule has 10 heteroatoms. The van der Waals surface area contributed by atoms with E-state index in [2.05, 4.69) is 5.32 Å². The zero-order valence-corrected chi connectivity index (χ0v) is 29.2. The number of thioether (sulfide) groups is 1. The predicted octanol–water partition coefficient (Wildman–Crippen LogP) is 6.48. The Morgan fingerprint density at radius 3 is 2.13 bits per heavy atom. The van der Waals surface area contributed by atoms with Gasteiger partial charge in [-0.1, -0.05) is 60.2 Å². The van der Waals surface area contributed by atoms with Crippen LogP contribution in [-0.2, 0) is 32.6 Å². The van der Waals surface area contributed by atoms with Crippen LogP contribution in [0.1, 0.15) is 37.5 Å². The SMILES string of the molecule is CCOc1ccc(N(CC(=O)N(Cc2cccc(C)c2)[C@H](Cc2ccccc2)C(=O)NC(C)C)S(=O)(=O)c2ccc(SC)cc2)cc1. The molecule has 248 valence electrons. The summed E-state index contributed by atoms with van der Waals surface area (Å²) in [5, 5.41) is 2.99. The second-order valence-corrected chi connectivity index (χ2v) is 14.2. The molecule has 0 aliphatic carbocycles. The summed E-state index contributed by atoms with van der Waals surface area (Å²) in [7, 11) is -4.20. The van der Waals surface area contributed by atoms with Crippen molar-refractivity contribution in [2.75, 3.05) is 23.7 Å². The van der Waals surface area contributed by atoms with Gasteiger partial charge >= 0.3 is 0 Å². The number of rotatable bonds is 15. The van der Waals surface area contributed by atoms with Gasteiger partial charge in [-0.25, -0.2) is 8.42 Å². The molecule has 4 rings (SSSR count). The minimum atomic E-state index is -4.20. The third-order valence-corrected chi connectivity index (χ3v) is 10.0. The van der Waals surface area contributed by atoms with E-state index in [4.69, 9.17) is 4.74 Å². The van der Waals surface area contributed by atoms with Crippen LogP contribution in [0.25, 0.3) is 0 Å². The Morgan fingerprint density at radius 2 is 1.53 bits per heavy atom. The van der Waals surface area contributed by atoms with Crippen molar-refractivity contribution in [3.8, 4) is 5.75 Å². The first-order valence-corrected chi connectivity index (χ1v) is 18.3. The van der Waals surface area contributed by atoms with Gasteiger partial charge in [0.25, 0.3) is 10.0 Å². The van der Waals surface area contributed by atoms with Gasteiger partial charge in [0, 0.05) is 23.9 Å². The Hall–Kier alpha value is -4.28. The van der Waals surface area contributed by atoms with E-state index in [1.54, 1.807) is 48.5 Å². The van der Waals surface area contributed by atoms with E-state index in [0.717, 1.165) is 25.9 Å². The number of carbonyl (C=O) groups is 2. The molecule has 4 aromatic carbocycles. The molecule has 0 fully saturated rings. The highest BCUT2D eigenvalue weighted by Gasteiger charge is 2.35. The number of ether oxygens (including phenoxy) is 1. The molecule has 0 aliphatic heterocycles. The fraction of sp³-hybridized carbons (Fsp3) is 0.297. The molecular weight excluding hydrogens is 631 g/mol. The van der Waals surface area contributed by atoms with Gasteiger partial charge in [-0.15, -0.1) is 11.8 Å². The van der Waals surface area contributed by atoms with E-state index in [1.165, 1.54) is 16.7 Å². The van der Waals surface area contributed by atoms with E-state index < -0.39 is 28.5 Å². The van der Waals surface area contributed by atoms with Gasteiger partial charge in [0.2, 0.25) is 11.8 Å². The molecular formula is C37H43N3O5S2. The molecule has 47 heavy (non-hydrogen) atoms. The highest BCUT2D eigenvalue weighted by molar-refractivity contribution is 7.98. The van der Waals surface area contributed by atoms with Crippen molar-refractivity contribution in [2.45, 2.75) is 62.5 Å². The fourth-order valence-electron chi connectivity index (χ4n) is 5.22. The summed E-state index contributed by atoms with van der Waals surface area (Å²) in [6, 6.07) is 29.4. The molecule has 0 saturated heterocycles. The van der Waals surface area contributed by atoms with E-state index in [-0.39, 0.29) is 29.8 Å². The largest absolute Gasteiger partial charge is 0.494 e. The lowest BCUT2D eigenvalue weighted by Gasteiger charge is -2.34. The fourth-order valence-corrected chi connectivity index (χ4v) is 7.04. The number of nitrogens with one attached hydrogen (secondary N) is 1. The van der Waals surface area contributed by atoms with E-state index in [9.17, 15) is 18.0 Å². The molecule has 0 unspecified atom stereocenters. The van der Waals surface area contributed by atoms with Crippen LogP contribution in [-0.4, -0.2) is 56.6 Å². The van der Waals surface area contributed by atoms with Gasteiger partial charge in [-0.3, -0.25) is 13.9 Å². The Balaban J connectivity index is 1.81. The van der Waals surface area contributed by atoms with Crippen molar-refractivity contribution in [3.63, 3.8) is 0 Å². The smallest absolute Gasteiger partial charge is 0.264 e. The quantitative estimate of drug-likeness (QED) is 0.145. The first kappa shape index (κ1) is 35.6. The van der Waals surface area contributed by atoms with Crippen LogP contribution in [0.2, 0.25) is 0 Å². The summed E-state index contributed by atoms with van der Waals surface area (Å²) in [5.74, 6) is -0.240. The van der Waals surface area contributed by atoms with Gasteiger partial charge in [-0.05, 0) is 93.6 Å². The number of nitrogens with zero attached hydrogens (tertiary/aromatic N) is 2. The van der Waals surface area contributed by atoms with Gasteiger partial charge in [0.05, 0.1) is 17.2 Å². The molecule has 4 aromatic rings. The lowest BCUT2D eigenvalue weighted by atomic mass is 10.0. The van der Waals surface area contributed by atoms with Gasteiger partial charge in [0.15, 0.2) is 0 Å². The lowest BCUT2D eigenvalue weighted by Crippen LogP contribution is -2.54. The van der Waals surface area contributed by atoms with Gasteiger partial charge in [0.1, 0.15) is 18.3 Å². The molecule has 1 atom stereocenters. The zero-order chi connectivity index (χ0) is 34.0. The van der Waals surface area contributed by atoms with E-state index in [0.29, 0.717) is 18.0 Å². The molecule has 0 saturated carbocycles. The summed E-state index contributed by atoms with van der Waals surface area (Å²) in [6.45, 7) is 7.61. The van der Waals surface area contributed by atoms with E-state index >= 15 is 0 Å². The molecule has 0 bridgehead atoms. The van der Waals surface area contributed by atoms with Crippen LogP contribution < -0.4 is 14.4 Å². The van der Waals surface area contributed by atoms with Crippen molar-refractivity contribution in [1.29, 1.82) is 0 Å². The Bertz CT molecular complexity index is 1730. The molecule has 1 N–H and O–H groups in total. The second kappa shape index (κ2) is 16.5. The number of anilines is 1. The van der Waals surface area contributed by atoms with Gasteiger partial charge in [-0.2, -0.15) is 0 Å². The summed E-state index contributed by atoms with van der Waals surface area (Å²) in [4.78, 5) is 30.9. The molecule has 0 heterocycles. The summed E-state index contributed by atoms with van der Waals surface area (Å²) in [6.07, 6.45) is 2.17. The molecule has 0 spiro atoms. The normalized spacial score (nSPS) is 12.0. The number of sulfonamides is 1. The van der Waals surface area contributed by atoms with Crippen LogP contribution in [0.3, 0.4) is 0 Å². The number of aryl methyl sites for hydroxylation is 1. The highest BCUT2D eigenvalue weighted by atomic mass is 32.2. The number of hydrogen-bond acceptors (Lipinski definition) is 6. The predicted molar refractivity (Wildman–Crippen MR) is 189 cm³/mol. The molecule has 0 radical (unpaired) electrons. The molecule has 0 aliphatic rings. The monoisotopic (exact) mass is 673 g/mol. The van der Waals surface area contributed by atoms with Crippen LogP contribution in [0, 0.1) is 6.92 Å². The van der Waals surface area contributed by atoms with Gasteiger partial charge < -0.3 is 15.0 Å². The van der Waals surface area contributed by atoms with Crippen molar-refractivity contribution < 1.29 is 22.7 Å². The zero-order valence-electron chi connectivity index (χ0n) is 27.6. The third-order valence-electron chi connectivity index (χ3n) is 7.50. The Labute approximate surface area is 283 Å². The van der Waals surface area contributed by atoms with Crippen molar-refractivity contribution >= 4 is 39.3 Å². The third kappa shape index (κ3) is 9.62. The maximum atomic E-state index is 14.6.